The lowest BCUT2D eigenvalue weighted by molar-refractivity contribution is 0.0399. The van der Waals surface area contributed by atoms with E-state index in [0.29, 0.717) is 12.0 Å². The van der Waals surface area contributed by atoms with Crippen LogP contribution in [0.15, 0.2) is 0 Å². The molecule has 0 aromatic heterocycles. The average Bonchev–Trinajstić information content (AvgIpc) is 2.21. The zero-order valence-electron chi connectivity index (χ0n) is 12.7. The molecular formula is C14H32N2O. The van der Waals surface area contributed by atoms with Crippen molar-refractivity contribution in [1.29, 1.82) is 0 Å². The summed E-state index contributed by atoms with van der Waals surface area (Å²) >= 11 is 0. The Labute approximate surface area is 108 Å². The summed E-state index contributed by atoms with van der Waals surface area (Å²) in [6.07, 6.45) is 2.41. The van der Waals surface area contributed by atoms with Crippen molar-refractivity contribution in [1.82, 2.24) is 10.2 Å². The first-order valence-electron chi connectivity index (χ1n) is 6.86. The van der Waals surface area contributed by atoms with Gasteiger partial charge in [-0.25, -0.2) is 0 Å². The van der Waals surface area contributed by atoms with E-state index >= 15 is 0 Å². The summed E-state index contributed by atoms with van der Waals surface area (Å²) in [5.41, 5.74) is -0.662. The predicted molar refractivity (Wildman–Crippen MR) is 75.3 cm³/mol. The normalized spacial score (nSPS) is 16.6. The number of nitrogens with one attached hydrogen (secondary N) is 1. The topological polar surface area (TPSA) is 35.5 Å². The Kier molecular flexibility index (Phi) is 7.29. The van der Waals surface area contributed by atoms with E-state index in [9.17, 15) is 5.11 Å². The van der Waals surface area contributed by atoms with Crippen molar-refractivity contribution in [3.8, 4) is 0 Å². The van der Waals surface area contributed by atoms with Crippen molar-refractivity contribution in [2.24, 2.45) is 5.92 Å². The highest BCUT2D eigenvalue weighted by Crippen LogP contribution is 2.17. The number of likely N-dealkylation sites (N-methyl/N-ethyl adjacent to an activating group) is 1. The SMILES string of the molecule is CCC(CC)C(CNC(C)C(C)(C)O)N(C)C. The molecule has 0 bridgehead atoms. The minimum absolute atomic E-state index is 0.110. The standard InChI is InChI=1S/C14H32N2O/c1-8-12(9-2)13(16(6)7)10-15-11(3)14(4,5)17/h11-13,15,17H,8-10H2,1-7H3. The molecule has 104 valence electrons. The molecule has 2 unspecified atom stereocenters. The summed E-state index contributed by atoms with van der Waals surface area (Å²) in [6, 6.07) is 0.647. The van der Waals surface area contributed by atoms with E-state index in [0.717, 1.165) is 6.54 Å². The largest absolute Gasteiger partial charge is 0.389 e. The molecule has 17 heavy (non-hydrogen) atoms. The molecular weight excluding hydrogens is 212 g/mol. The Balaban J connectivity index is 4.37. The Bertz CT molecular complexity index is 195. The fraction of sp³-hybridized carbons (Fsp3) is 1.00. The fourth-order valence-corrected chi connectivity index (χ4v) is 2.15. The van der Waals surface area contributed by atoms with Gasteiger partial charge in [-0.3, -0.25) is 0 Å². The molecule has 2 N–H and O–H groups in total. The van der Waals surface area contributed by atoms with Crippen molar-refractivity contribution in [3.05, 3.63) is 0 Å². The van der Waals surface area contributed by atoms with Gasteiger partial charge in [0.1, 0.15) is 0 Å². The van der Waals surface area contributed by atoms with Crippen LogP contribution in [0.5, 0.6) is 0 Å². The van der Waals surface area contributed by atoms with E-state index in [1.807, 2.05) is 20.8 Å². The van der Waals surface area contributed by atoms with Gasteiger partial charge in [0.15, 0.2) is 0 Å². The molecule has 0 heterocycles. The molecule has 0 saturated carbocycles. The highest BCUT2D eigenvalue weighted by Gasteiger charge is 2.25. The van der Waals surface area contributed by atoms with Gasteiger partial charge >= 0.3 is 0 Å². The zero-order valence-corrected chi connectivity index (χ0v) is 12.7. The fourth-order valence-electron chi connectivity index (χ4n) is 2.15. The van der Waals surface area contributed by atoms with Gasteiger partial charge in [0.25, 0.3) is 0 Å². The maximum Gasteiger partial charge on any atom is 0.0741 e. The molecule has 0 radical (unpaired) electrons. The molecule has 0 aliphatic rings. The Morgan fingerprint density at radius 1 is 1.18 bits per heavy atom. The molecule has 0 aromatic rings. The summed E-state index contributed by atoms with van der Waals surface area (Å²) in [6.45, 7) is 11.2. The maximum absolute atomic E-state index is 9.91. The van der Waals surface area contributed by atoms with Gasteiger partial charge in [-0.15, -0.1) is 0 Å². The molecule has 0 spiro atoms. The summed E-state index contributed by atoms with van der Waals surface area (Å²) in [5.74, 6) is 0.714. The lowest BCUT2D eigenvalue weighted by Crippen LogP contribution is -2.51. The minimum Gasteiger partial charge on any atom is -0.389 e. The van der Waals surface area contributed by atoms with Crippen molar-refractivity contribution in [3.63, 3.8) is 0 Å². The average molecular weight is 244 g/mol. The highest BCUT2D eigenvalue weighted by molar-refractivity contribution is 4.84. The molecule has 0 amide bonds. The van der Waals surface area contributed by atoms with Gasteiger partial charge in [0.05, 0.1) is 5.60 Å². The predicted octanol–water partition coefficient (Wildman–Crippen LogP) is 2.10. The number of hydrogen-bond donors (Lipinski definition) is 2. The van der Waals surface area contributed by atoms with Crippen LogP contribution in [0.3, 0.4) is 0 Å². The van der Waals surface area contributed by atoms with Gasteiger partial charge < -0.3 is 15.3 Å². The second-order valence-corrected chi connectivity index (χ2v) is 5.89. The molecule has 0 aliphatic heterocycles. The van der Waals surface area contributed by atoms with Crippen LogP contribution in [-0.4, -0.2) is 48.3 Å². The third-order valence-corrected chi connectivity index (χ3v) is 3.95. The molecule has 0 rings (SSSR count). The van der Waals surface area contributed by atoms with Crippen LogP contribution in [0.2, 0.25) is 0 Å². The first-order valence-corrected chi connectivity index (χ1v) is 6.86. The number of aliphatic hydroxyl groups is 1. The maximum atomic E-state index is 9.91. The Morgan fingerprint density at radius 3 is 1.94 bits per heavy atom. The van der Waals surface area contributed by atoms with Gasteiger partial charge in [0, 0.05) is 18.6 Å². The van der Waals surface area contributed by atoms with E-state index in [4.69, 9.17) is 0 Å². The second kappa shape index (κ2) is 7.34. The molecule has 3 nitrogen and oxygen atoms in total. The molecule has 0 aliphatic carbocycles. The molecule has 2 atom stereocenters. The van der Waals surface area contributed by atoms with Gasteiger partial charge in [0.2, 0.25) is 0 Å². The third kappa shape index (κ3) is 5.84. The molecule has 0 aromatic carbocycles. The van der Waals surface area contributed by atoms with Crippen LogP contribution in [0.25, 0.3) is 0 Å². The summed E-state index contributed by atoms with van der Waals surface area (Å²) in [4.78, 5) is 2.29. The van der Waals surface area contributed by atoms with Crippen LogP contribution in [-0.2, 0) is 0 Å². The van der Waals surface area contributed by atoms with Crippen LogP contribution >= 0.6 is 0 Å². The molecule has 0 fully saturated rings. The third-order valence-electron chi connectivity index (χ3n) is 3.95. The smallest absolute Gasteiger partial charge is 0.0741 e. The van der Waals surface area contributed by atoms with Gasteiger partial charge in [-0.2, -0.15) is 0 Å². The van der Waals surface area contributed by atoms with Crippen molar-refractivity contribution in [2.75, 3.05) is 20.6 Å². The van der Waals surface area contributed by atoms with E-state index in [1.165, 1.54) is 12.8 Å². The summed E-state index contributed by atoms with van der Waals surface area (Å²) in [5, 5.41) is 13.4. The van der Waals surface area contributed by atoms with E-state index in [2.05, 4.69) is 38.2 Å². The Hall–Kier alpha value is -0.120. The first-order chi connectivity index (χ1) is 7.73. The van der Waals surface area contributed by atoms with Crippen molar-refractivity contribution < 1.29 is 5.11 Å². The molecule has 3 heteroatoms. The number of hydrogen-bond acceptors (Lipinski definition) is 3. The van der Waals surface area contributed by atoms with E-state index in [-0.39, 0.29) is 6.04 Å². The quantitative estimate of drug-likeness (QED) is 0.686. The lowest BCUT2D eigenvalue weighted by Gasteiger charge is -2.35. The first kappa shape index (κ1) is 16.9. The van der Waals surface area contributed by atoms with Crippen LogP contribution in [0, 0.1) is 5.92 Å². The highest BCUT2D eigenvalue weighted by atomic mass is 16.3. The Morgan fingerprint density at radius 2 is 1.65 bits per heavy atom. The second-order valence-electron chi connectivity index (χ2n) is 5.89. The van der Waals surface area contributed by atoms with Crippen molar-refractivity contribution >= 4 is 0 Å². The van der Waals surface area contributed by atoms with Crippen molar-refractivity contribution in [2.45, 2.75) is 65.1 Å². The monoisotopic (exact) mass is 244 g/mol. The molecule has 0 saturated heterocycles. The lowest BCUT2D eigenvalue weighted by atomic mass is 9.92. The van der Waals surface area contributed by atoms with E-state index < -0.39 is 5.60 Å². The van der Waals surface area contributed by atoms with Crippen LogP contribution < -0.4 is 5.32 Å². The summed E-state index contributed by atoms with van der Waals surface area (Å²) < 4.78 is 0. The minimum atomic E-state index is -0.662. The van der Waals surface area contributed by atoms with Gasteiger partial charge in [-0.1, -0.05) is 26.7 Å². The zero-order chi connectivity index (χ0) is 13.6. The van der Waals surface area contributed by atoms with Gasteiger partial charge in [-0.05, 0) is 40.8 Å². The van der Waals surface area contributed by atoms with E-state index in [1.54, 1.807) is 0 Å². The van der Waals surface area contributed by atoms with Crippen LogP contribution in [0.1, 0.15) is 47.5 Å². The number of rotatable bonds is 8. The van der Waals surface area contributed by atoms with Crippen LogP contribution in [0.4, 0.5) is 0 Å². The number of nitrogens with zero attached hydrogens (tertiary/aromatic N) is 1. The summed E-state index contributed by atoms with van der Waals surface area (Å²) in [7, 11) is 4.28.